The Kier molecular flexibility index (Phi) is 13.2. The van der Waals surface area contributed by atoms with Crippen molar-refractivity contribution in [2.24, 2.45) is 0 Å². The van der Waals surface area contributed by atoms with Gasteiger partial charge in [-0.1, -0.05) is 196 Å². The Bertz CT molecular complexity index is 3230. The van der Waals surface area contributed by atoms with E-state index in [1.54, 1.807) is 6.08 Å². The number of hydrogen-bond donors (Lipinski definition) is 0. The molecule has 2 aliphatic rings. The molecule has 0 fully saturated rings. The fourth-order valence-electron chi connectivity index (χ4n) is 8.63. The lowest BCUT2D eigenvalue weighted by Gasteiger charge is -2.28. The molecule has 0 bridgehead atoms. The fraction of sp³-hybridized carbons (Fsp3) is 0.0984. The summed E-state index contributed by atoms with van der Waals surface area (Å²) in [5.41, 5.74) is 13.9. The van der Waals surface area contributed by atoms with E-state index in [1.165, 1.54) is 33.9 Å². The second-order valence-corrected chi connectivity index (χ2v) is 16.3. The maximum atomic E-state index is 5.37. The maximum absolute atomic E-state index is 5.37. The minimum absolute atomic E-state index is 0.000936. The smallest absolute Gasteiger partial charge is 0.220 e. The Morgan fingerprint density at radius 2 is 1.27 bits per heavy atom. The zero-order valence-electron chi connectivity index (χ0n) is 37.6. The monoisotopic (exact) mass is 855 g/mol. The van der Waals surface area contributed by atoms with Gasteiger partial charge in [0.2, 0.25) is 5.95 Å². The molecule has 1 aliphatic carbocycles. The van der Waals surface area contributed by atoms with Crippen molar-refractivity contribution >= 4 is 33.4 Å². The average Bonchev–Trinajstić information content (AvgIpc) is 3.71. The fourth-order valence-corrected chi connectivity index (χ4v) is 8.63. The largest absolute Gasteiger partial charge is 0.280 e. The third kappa shape index (κ3) is 8.97. The van der Waals surface area contributed by atoms with Crippen LogP contribution < -0.4 is 4.90 Å². The van der Waals surface area contributed by atoms with Gasteiger partial charge in [-0.05, 0) is 84.1 Å². The summed E-state index contributed by atoms with van der Waals surface area (Å²) in [6.45, 7) is 11.1. The Morgan fingerprint density at radius 3 is 1.97 bits per heavy atom. The molecule has 1 atom stereocenters. The predicted molar refractivity (Wildman–Crippen MR) is 279 cm³/mol. The van der Waals surface area contributed by atoms with Crippen LogP contribution in [0.3, 0.4) is 0 Å². The highest BCUT2D eigenvalue weighted by Gasteiger charge is 2.31. The molecular formula is C61H53N5. The van der Waals surface area contributed by atoms with Crippen molar-refractivity contribution in [1.82, 2.24) is 19.5 Å². The van der Waals surface area contributed by atoms with Gasteiger partial charge >= 0.3 is 0 Å². The molecular weight excluding hydrogens is 803 g/mol. The summed E-state index contributed by atoms with van der Waals surface area (Å²) in [7, 11) is 0. The van der Waals surface area contributed by atoms with E-state index in [0.717, 1.165) is 80.8 Å². The number of hydrogen-bond acceptors (Lipinski definition) is 4. The minimum atomic E-state index is 0.000936. The van der Waals surface area contributed by atoms with E-state index >= 15 is 0 Å². The number of aromatic nitrogens is 4. The first-order valence-electron chi connectivity index (χ1n) is 22.8. The third-order valence-corrected chi connectivity index (χ3v) is 11.9. The van der Waals surface area contributed by atoms with E-state index < -0.39 is 0 Å². The first-order chi connectivity index (χ1) is 32.6. The van der Waals surface area contributed by atoms with Crippen LogP contribution in [-0.2, 0) is 0 Å². The molecule has 1 unspecified atom stereocenters. The molecule has 9 aromatic rings. The SMILES string of the molecule is C1=CC(N2c3ccccc3-c3cc4ccccc4cc3-n3c2nc2ccccc23)=CC(c2cc(-c3ccc(-c4ccccc4)cc3)nc(-c3ccccc3)n2)C1.C=C/C=C\C.C=CCCC. The van der Waals surface area contributed by atoms with Gasteiger partial charge in [0.25, 0.3) is 0 Å². The molecule has 1 aliphatic heterocycles. The third-order valence-electron chi connectivity index (χ3n) is 11.9. The highest BCUT2D eigenvalue weighted by atomic mass is 15.3. The Hall–Kier alpha value is -8.15. The average molecular weight is 856 g/mol. The molecule has 0 amide bonds. The molecule has 0 radical (unpaired) electrons. The lowest BCUT2D eigenvalue weighted by molar-refractivity contribution is 0.797. The van der Waals surface area contributed by atoms with Crippen LogP contribution in [0.5, 0.6) is 0 Å². The quantitative estimate of drug-likeness (QED) is 0.113. The van der Waals surface area contributed by atoms with Crippen molar-refractivity contribution in [3.05, 3.63) is 243 Å². The molecule has 7 aromatic carbocycles. The van der Waals surface area contributed by atoms with E-state index in [0.29, 0.717) is 0 Å². The summed E-state index contributed by atoms with van der Waals surface area (Å²) >= 11 is 0. The Labute approximate surface area is 388 Å². The zero-order chi connectivity index (χ0) is 45.2. The topological polar surface area (TPSA) is 46.8 Å². The van der Waals surface area contributed by atoms with E-state index in [2.05, 4.69) is 199 Å². The molecule has 5 nitrogen and oxygen atoms in total. The van der Waals surface area contributed by atoms with E-state index in [4.69, 9.17) is 15.0 Å². The van der Waals surface area contributed by atoms with Gasteiger partial charge in [0.05, 0.1) is 33.8 Å². The second kappa shape index (κ2) is 20.1. The predicted octanol–water partition coefficient (Wildman–Crippen LogP) is 16.4. The van der Waals surface area contributed by atoms with Crippen molar-refractivity contribution in [3.63, 3.8) is 0 Å². The van der Waals surface area contributed by atoms with Crippen LogP contribution in [0.2, 0.25) is 0 Å². The summed E-state index contributed by atoms with van der Waals surface area (Å²) in [6.07, 6.45) is 17.6. The zero-order valence-corrected chi connectivity index (χ0v) is 37.6. The molecule has 5 heteroatoms. The number of nitrogens with zero attached hydrogens (tertiary/aromatic N) is 5. The number of allylic oxidation sites excluding steroid dienone is 7. The van der Waals surface area contributed by atoms with Crippen molar-refractivity contribution in [3.8, 4) is 50.6 Å². The van der Waals surface area contributed by atoms with Crippen molar-refractivity contribution in [2.45, 2.75) is 39.0 Å². The van der Waals surface area contributed by atoms with Gasteiger partial charge in [-0.3, -0.25) is 9.47 Å². The van der Waals surface area contributed by atoms with Gasteiger partial charge in [0.1, 0.15) is 0 Å². The second-order valence-electron chi connectivity index (χ2n) is 16.3. The van der Waals surface area contributed by atoms with Crippen molar-refractivity contribution < 1.29 is 0 Å². The Balaban J connectivity index is 0.000000498. The van der Waals surface area contributed by atoms with Crippen molar-refractivity contribution in [2.75, 3.05) is 4.90 Å². The maximum Gasteiger partial charge on any atom is 0.220 e. The number of unbranched alkanes of at least 4 members (excludes halogenated alkanes) is 1. The van der Waals surface area contributed by atoms with Gasteiger partial charge in [-0.15, -0.1) is 6.58 Å². The number of fused-ring (bicyclic) bond motifs is 8. The number of rotatable bonds is 8. The lowest BCUT2D eigenvalue weighted by Crippen LogP contribution is -2.21. The van der Waals surface area contributed by atoms with Gasteiger partial charge in [-0.2, -0.15) is 0 Å². The molecule has 0 spiro atoms. The van der Waals surface area contributed by atoms with Crippen LogP contribution in [0.15, 0.2) is 237 Å². The summed E-state index contributed by atoms with van der Waals surface area (Å²) in [6, 6.07) is 62.1. The number of para-hydroxylation sites is 3. The molecule has 0 saturated carbocycles. The lowest BCUT2D eigenvalue weighted by atomic mass is 9.93. The highest BCUT2D eigenvalue weighted by molar-refractivity contribution is 6.00. The summed E-state index contributed by atoms with van der Waals surface area (Å²) in [5.74, 6) is 1.58. The summed E-state index contributed by atoms with van der Waals surface area (Å²) in [4.78, 5) is 18.1. The molecule has 11 rings (SSSR count). The minimum Gasteiger partial charge on any atom is -0.280 e. The molecule has 0 saturated heterocycles. The van der Waals surface area contributed by atoms with Crippen LogP contribution >= 0.6 is 0 Å². The molecule has 2 aromatic heterocycles. The number of benzene rings is 7. The normalized spacial score (nSPS) is 13.6. The van der Waals surface area contributed by atoms with Crippen LogP contribution in [0.1, 0.15) is 44.7 Å². The van der Waals surface area contributed by atoms with Crippen LogP contribution in [0.4, 0.5) is 11.6 Å². The summed E-state index contributed by atoms with van der Waals surface area (Å²) < 4.78 is 2.34. The van der Waals surface area contributed by atoms with Crippen LogP contribution in [0.25, 0.3) is 72.4 Å². The molecule has 3 heterocycles. The first-order valence-corrected chi connectivity index (χ1v) is 22.8. The molecule has 66 heavy (non-hydrogen) atoms. The van der Waals surface area contributed by atoms with Gasteiger partial charge in [0.15, 0.2) is 5.82 Å². The number of anilines is 2. The van der Waals surface area contributed by atoms with E-state index in [-0.39, 0.29) is 5.92 Å². The van der Waals surface area contributed by atoms with Crippen molar-refractivity contribution in [1.29, 1.82) is 0 Å². The van der Waals surface area contributed by atoms with Gasteiger partial charge < -0.3 is 0 Å². The van der Waals surface area contributed by atoms with E-state index in [9.17, 15) is 0 Å². The first kappa shape index (κ1) is 43.1. The number of imidazole rings is 1. The summed E-state index contributed by atoms with van der Waals surface area (Å²) in [5, 5.41) is 2.40. The van der Waals surface area contributed by atoms with Gasteiger partial charge in [0, 0.05) is 33.9 Å². The van der Waals surface area contributed by atoms with Crippen LogP contribution in [0, 0.1) is 0 Å². The van der Waals surface area contributed by atoms with Gasteiger partial charge in [-0.25, -0.2) is 15.0 Å². The highest BCUT2D eigenvalue weighted by Crippen LogP contribution is 2.48. The molecule has 0 N–H and O–H groups in total. The van der Waals surface area contributed by atoms with Crippen LogP contribution in [-0.4, -0.2) is 19.5 Å². The molecule has 322 valence electrons. The standard InChI is InChI=1S/C51H35N5.C5H10.C5H8/c1-3-14-34(15-4-1)35-26-28-36(29-27-35)45-33-46(53-50(52-45)37-16-5-2-6-17-37)40-20-13-21-41(30-40)55-47-24-11-9-22-42(47)43-31-38-18-7-8-19-39(38)32-49(43)56-48-25-12-10-23-44(48)54-51(55)56;2*1-3-5-4-2/h1-19,21-33,40H,20H2;3H,1,4-5H2,2H3;3-5H,1H2,2H3/b;;5-4-. The van der Waals surface area contributed by atoms with E-state index in [1.807, 2.05) is 49.4 Å². The Morgan fingerprint density at radius 1 is 0.621 bits per heavy atom.